The lowest BCUT2D eigenvalue weighted by Gasteiger charge is -2.42. The number of ether oxygens (including phenoxy) is 1. The van der Waals surface area contributed by atoms with E-state index in [9.17, 15) is 0 Å². The fourth-order valence-electron chi connectivity index (χ4n) is 4.75. The van der Waals surface area contributed by atoms with Crippen LogP contribution in [-0.2, 0) is 9.16 Å². The standard InChI is InChI=1S/C31H46O2Si/c1-8-9-23-30(32-7)27(3)18-16-17-26(2)24-25-33-34(31(4,5)6,28-19-12-10-13-20-28)29-21-14-11-15-22-29/h10-15,18-22,24,30H,8-9,16-17,23,25H2,1-7H3. The maximum Gasteiger partial charge on any atom is 0.261 e. The minimum Gasteiger partial charge on any atom is -0.404 e. The molecule has 2 nitrogen and oxygen atoms in total. The van der Waals surface area contributed by atoms with Crippen LogP contribution in [0.25, 0.3) is 0 Å². The van der Waals surface area contributed by atoms with Crippen molar-refractivity contribution in [2.45, 2.75) is 84.8 Å². The minimum absolute atomic E-state index is 0.00492. The average molecular weight is 479 g/mol. The molecular weight excluding hydrogens is 432 g/mol. The van der Waals surface area contributed by atoms with Gasteiger partial charge < -0.3 is 9.16 Å². The van der Waals surface area contributed by atoms with Crippen LogP contribution in [0, 0.1) is 0 Å². The third-order valence-electron chi connectivity index (χ3n) is 6.77. The Bertz CT molecular complexity index is 855. The smallest absolute Gasteiger partial charge is 0.261 e. The molecule has 0 N–H and O–H groups in total. The molecule has 0 radical (unpaired) electrons. The van der Waals surface area contributed by atoms with E-state index in [0.29, 0.717) is 6.61 Å². The highest BCUT2D eigenvalue weighted by molar-refractivity contribution is 6.99. The maximum absolute atomic E-state index is 6.99. The number of benzene rings is 2. The SMILES string of the molecule is CCCCC(OC)C(C)=CCCC(C)=CCO[Si](c1ccccc1)(c1ccccc1)C(C)(C)C. The Balaban J connectivity index is 2.16. The number of hydrogen-bond acceptors (Lipinski definition) is 2. The predicted molar refractivity (Wildman–Crippen MR) is 151 cm³/mol. The van der Waals surface area contributed by atoms with Crippen molar-refractivity contribution in [2.24, 2.45) is 0 Å². The molecule has 0 aliphatic carbocycles. The van der Waals surface area contributed by atoms with E-state index in [1.807, 2.05) is 7.11 Å². The van der Waals surface area contributed by atoms with Crippen LogP contribution in [0.1, 0.15) is 73.6 Å². The highest BCUT2D eigenvalue weighted by Gasteiger charge is 2.49. The van der Waals surface area contributed by atoms with Gasteiger partial charge in [0.15, 0.2) is 0 Å². The minimum atomic E-state index is -2.47. The lowest BCUT2D eigenvalue weighted by Crippen LogP contribution is -2.66. The van der Waals surface area contributed by atoms with E-state index in [4.69, 9.17) is 9.16 Å². The van der Waals surface area contributed by atoms with Gasteiger partial charge >= 0.3 is 0 Å². The van der Waals surface area contributed by atoms with Crippen LogP contribution in [0.15, 0.2) is 84.0 Å². The molecule has 2 rings (SSSR count). The summed E-state index contributed by atoms with van der Waals surface area (Å²) in [5.74, 6) is 0. The van der Waals surface area contributed by atoms with Crippen LogP contribution in [0.4, 0.5) is 0 Å². The topological polar surface area (TPSA) is 18.5 Å². The first kappa shape index (κ1) is 28.3. The summed E-state index contributed by atoms with van der Waals surface area (Å²) in [5, 5.41) is 2.66. The van der Waals surface area contributed by atoms with Crippen molar-refractivity contribution >= 4 is 18.7 Å². The molecular formula is C31H46O2Si. The fourth-order valence-corrected chi connectivity index (χ4v) is 9.24. The fraction of sp³-hybridized carbons (Fsp3) is 0.484. The van der Waals surface area contributed by atoms with Crippen LogP contribution in [0.2, 0.25) is 5.04 Å². The first-order valence-corrected chi connectivity index (χ1v) is 14.8. The summed E-state index contributed by atoms with van der Waals surface area (Å²) in [6.07, 6.45) is 10.5. The van der Waals surface area contributed by atoms with Gasteiger partial charge in [0.1, 0.15) is 0 Å². The molecule has 3 heteroatoms. The summed E-state index contributed by atoms with van der Waals surface area (Å²) in [5.41, 5.74) is 2.73. The van der Waals surface area contributed by atoms with Crippen LogP contribution in [0.3, 0.4) is 0 Å². The van der Waals surface area contributed by atoms with Crippen LogP contribution >= 0.6 is 0 Å². The Kier molecular flexibility index (Phi) is 11.5. The van der Waals surface area contributed by atoms with Gasteiger partial charge in [0.05, 0.1) is 12.7 Å². The first-order valence-electron chi connectivity index (χ1n) is 12.9. The molecule has 1 atom stereocenters. The zero-order valence-corrected chi connectivity index (χ0v) is 23.6. The number of unbranched alkanes of at least 4 members (excludes halogenated alkanes) is 1. The molecule has 0 bridgehead atoms. The summed E-state index contributed by atoms with van der Waals surface area (Å²) < 4.78 is 12.7. The van der Waals surface area contributed by atoms with Crippen LogP contribution < -0.4 is 10.4 Å². The van der Waals surface area contributed by atoms with E-state index in [0.717, 1.165) is 19.3 Å². The van der Waals surface area contributed by atoms with Crippen LogP contribution in [0.5, 0.6) is 0 Å². The second-order valence-electron chi connectivity index (χ2n) is 10.4. The van der Waals surface area contributed by atoms with Gasteiger partial charge in [-0.1, -0.05) is 119 Å². The Hall–Kier alpha value is -1.94. The highest BCUT2D eigenvalue weighted by Crippen LogP contribution is 2.36. The van der Waals surface area contributed by atoms with E-state index in [1.54, 1.807) is 0 Å². The van der Waals surface area contributed by atoms with Crippen molar-refractivity contribution in [3.05, 3.63) is 84.0 Å². The van der Waals surface area contributed by atoms with Gasteiger partial charge in [-0.3, -0.25) is 0 Å². The van der Waals surface area contributed by atoms with Crippen molar-refractivity contribution in [2.75, 3.05) is 13.7 Å². The van der Waals surface area contributed by atoms with Gasteiger partial charge in [0, 0.05) is 7.11 Å². The Labute approximate surface area is 210 Å². The van der Waals surface area contributed by atoms with Gasteiger partial charge in [-0.25, -0.2) is 0 Å². The third-order valence-corrected chi connectivity index (χ3v) is 11.8. The predicted octanol–water partition coefficient (Wildman–Crippen LogP) is 7.44. The molecule has 0 saturated carbocycles. The molecule has 2 aromatic carbocycles. The normalized spacial score (nSPS) is 14.3. The quantitative estimate of drug-likeness (QED) is 0.220. The monoisotopic (exact) mass is 478 g/mol. The summed E-state index contributed by atoms with van der Waals surface area (Å²) in [7, 11) is -0.647. The van der Waals surface area contributed by atoms with E-state index < -0.39 is 8.32 Å². The van der Waals surface area contributed by atoms with E-state index in [2.05, 4.69) is 114 Å². The maximum atomic E-state index is 6.99. The van der Waals surface area contributed by atoms with Gasteiger partial charge in [0.2, 0.25) is 0 Å². The zero-order valence-electron chi connectivity index (χ0n) is 22.6. The first-order chi connectivity index (χ1) is 16.3. The molecule has 0 aliphatic rings. The molecule has 186 valence electrons. The molecule has 0 aliphatic heterocycles. The van der Waals surface area contributed by atoms with E-state index in [1.165, 1.54) is 34.4 Å². The average Bonchev–Trinajstić information content (AvgIpc) is 2.82. The molecule has 0 saturated heterocycles. The molecule has 0 fully saturated rings. The number of rotatable bonds is 13. The van der Waals surface area contributed by atoms with Crippen LogP contribution in [-0.4, -0.2) is 28.1 Å². The molecule has 0 spiro atoms. The number of allylic oxidation sites excluding steroid dienone is 2. The number of hydrogen-bond donors (Lipinski definition) is 0. The number of methoxy groups -OCH3 is 1. The summed E-state index contributed by atoms with van der Waals surface area (Å²) in [6, 6.07) is 21.7. The van der Waals surface area contributed by atoms with E-state index in [-0.39, 0.29) is 11.1 Å². The molecule has 0 heterocycles. The van der Waals surface area contributed by atoms with Crippen molar-refractivity contribution in [3.8, 4) is 0 Å². The highest BCUT2D eigenvalue weighted by atomic mass is 28.4. The Morgan fingerprint density at radius 1 is 0.912 bits per heavy atom. The molecule has 0 amide bonds. The molecule has 1 unspecified atom stereocenters. The van der Waals surface area contributed by atoms with Crippen molar-refractivity contribution in [1.29, 1.82) is 0 Å². The summed E-state index contributed by atoms with van der Waals surface area (Å²) in [4.78, 5) is 0. The zero-order chi connectivity index (χ0) is 25.0. The lowest BCUT2D eigenvalue weighted by atomic mass is 10.0. The van der Waals surface area contributed by atoms with Crippen molar-refractivity contribution < 1.29 is 9.16 Å². The Morgan fingerprint density at radius 2 is 1.47 bits per heavy atom. The lowest BCUT2D eigenvalue weighted by molar-refractivity contribution is 0.122. The van der Waals surface area contributed by atoms with Gasteiger partial charge in [-0.15, -0.1) is 0 Å². The summed E-state index contributed by atoms with van der Waals surface area (Å²) in [6.45, 7) is 14.3. The van der Waals surface area contributed by atoms with Gasteiger partial charge in [0.25, 0.3) is 8.32 Å². The van der Waals surface area contributed by atoms with Crippen molar-refractivity contribution in [3.63, 3.8) is 0 Å². The molecule has 0 aromatic heterocycles. The summed E-state index contributed by atoms with van der Waals surface area (Å²) >= 11 is 0. The third kappa shape index (κ3) is 7.53. The van der Waals surface area contributed by atoms with Gasteiger partial charge in [-0.05, 0) is 54.1 Å². The second-order valence-corrected chi connectivity index (χ2v) is 14.7. The largest absolute Gasteiger partial charge is 0.404 e. The second kappa shape index (κ2) is 13.8. The molecule has 34 heavy (non-hydrogen) atoms. The van der Waals surface area contributed by atoms with Gasteiger partial charge in [-0.2, -0.15) is 0 Å². The van der Waals surface area contributed by atoms with E-state index >= 15 is 0 Å². The molecule has 2 aromatic rings. The Morgan fingerprint density at radius 3 is 1.94 bits per heavy atom. The van der Waals surface area contributed by atoms with Crippen molar-refractivity contribution in [1.82, 2.24) is 0 Å².